The molecule has 4 nitrogen and oxygen atoms in total. The number of phenols is 1. The van der Waals surface area contributed by atoms with Crippen LogP contribution >= 0.6 is 0 Å². The van der Waals surface area contributed by atoms with E-state index < -0.39 is 12.0 Å². The Hall–Kier alpha value is -1.84. The lowest BCUT2D eigenvalue weighted by Crippen LogP contribution is -2.18. The third-order valence-corrected chi connectivity index (χ3v) is 3.61. The summed E-state index contributed by atoms with van der Waals surface area (Å²) in [5, 5.41) is 19.4. The van der Waals surface area contributed by atoms with Gasteiger partial charge in [-0.05, 0) is 29.4 Å². The molecule has 0 heterocycles. The number of phenolic OH excluding ortho intramolecular Hbond substituents is 1. The molecule has 0 saturated carbocycles. The second-order valence-electron chi connectivity index (χ2n) is 7.75. The highest BCUT2D eigenvalue weighted by atomic mass is 16.4. The van der Waals surface area contributed by atoms with E-state index in [0.717, 1.165) is 11.1 Å². The maximum Gasteiger partial charge on any atom is 0.328 e. The van der Waals surface area contributed by atoms with Crippen LogP contribution < -0.4 is 0 Å². The Morgan fingerprint density at radius 1 is 1.14 bits per heavy atom. The number of hydrogen-bond acceptors (Lipinski definition) is 3. The maximum atomic E-state index is 10.9. The molecule has 0 aliphatic carbocycles. The number of carbonyl (C=O) groups is 1. The highest BCUT2D eigenvalue weighted by Crippen LogP contribution is 2.37. The van der Waals surface area contributed by atoms with Gasteiger partial charge in [0.2, 0.25) is 0 Å². The molecule has 122 valence electrons. The van der Waals surface area contributed by atoms with E-state index in [-0.39, 0.29) is 16.6 Å². The Kier molecular flexibility index (Phi) is 5.06. The third-order valence-electron chi connectivity index (χ3n) is 3.61. The largest absolute Gasteiger partial charge is 0.507 e. The zero-order valence-electron chi connectivity index (χ0n) is 14.6. The molecule has 2 N–H and O–H groups in total. The molecule has 0 amide bonds. The topological polar surface area (TPSA) is 69.9 Å². The molecule has 0 bridgehead atoms. The van der Waals surface area contributed by atoms with Crippen LogP contribution in [0, 0.1) is 0 Å². The number of aromatic hydroxyl groups is 1. The number of rotatable bonds is 3. The summed E-state index contributed by atoms with van der Waals surface area (Å²) >= 11 is 0. The minimum Gasteiger partial charge on any atom is -0.507 e. The summed E-state index contributed by atoms with van der Waals surface area (Å²) in [6.07, 6.45) is 1.46. The molecule has 0 radical (unpaired) electrons. The average molecular weight is 305 g/mol. The van der Waals surface area contributed by atoms with Crippen molar-refractivity contribution in [1.29, 1.82) is 0 Å². The highest BCUT2D eigenvalue weighted by Gasteiger charge is 2.24. The molecule has 1 atom stereocenters. The van der Waals surface area contributed by atoms with Gasteiger partial charge in [0.15, 0.2) is 0 Å². The van der Waals surface area contributed by atoms with E-state index in [2.05, 4.69) is 25.8 Å². The van der Waals surface area contributed by atoms with Gasteiger partial charge >= 0.3 is 5.97 Å². The number of nitrogens with zero attached hydrogens (tertiary/aromatic N) is 1. The molecular weight excluding hydrogens is 278 g/mol. The first-order valence-electron chi connectivity index (χ1n) is 7.48. The van der Waals surface area contributed by atoms with E-state index in [0.29, 0.717) is 5.56 Å². The lowest BCUT2D eigenvalue weighted by atomic mass is 9.79. The van der Waals surface area contributed by atoms with Crippen LogP contribution in [0.25, 0.3) is 0 Å². The van der Waals surface area contributed by atoms with Crippen molar-refractivity contribution in [3.8, 4) is 5.75 Å². The zero-order chi connectivity index (χ0) is 17.3. The minimum absolute atomic E-state index is 0.0747. The molecule has 4 heteroatoms. The Labute approximate surface area is 132 Å². The van der Waals surface area contributed by atoms with Crippen molar-refractivity contribution in [2.75, 3.05) is 0 Å². The van der Waals surface area contributed by atoms with Crippen molar-refractivity contribution in [1.82, 2.24) is 0 Å². The van der Waals surface area contributed by atoms with Gasteiger partial charge in [0, 0.05) is 17.3 Å². The summed E-state index contributed by atoms with van der Waals surface area (Å²) in [5.41, 5.74) is 2.19. The van der Waals surface area contributed by atoms with Crippen LogP contribution in [0.3, 0.4) is 0 Å². The second kappa shape index (κ2) is 6.11. The smallest absolute Gasteiger partial charge is 0.328 e. The van der Waals surface area contributed by atoms with Crippen LogP contribution in [-0.4, -0.2) is 28.4 Å². The van der Waals surface area contributed by atoms with E-state index in [1.165, 1.54) is 13.1 Å². The number of carboxylic acids is 1. The van der Waals surface area contributed by atoms with Crippen molar-refractivity contribution >= 4 is 12.2 Å². The van der Waals surface area contributed by atoms with Gasteiger partial charge in [0.25, 0.3) is 0 Å². The fourth-order valence-corrected chi connectivity index (χ4v) is 2.02. The van der Waals surface area contributed by atoms with Gasteiger partial charge in [-0.1, -0.05) is 47.6 Å². The van der Waals surface area contributed by atoms with E-state index in [1.54, 1.807) is 0 Å². The summed E-state index contributed by atoms with van der Waals surface area (Å²) in [6, 6.07) is 3.06. The summed E-state index contributed by atoms with van der Waals surface area (Å²) in [6.45, 7) is 13.9. The monoisotopic (exact) mass is 305 g/mol. The third kappa shape index (κ3) is 4.33. The average Bonchev–Trinajstić information content (AvgIpc) is 2.33. The Balaban J connectivity index is 3.47. The lowest BCUT2D eigenvalue weighted by molar-refractivity contribution is -0.137. The first-order chi connectivity index (χ1) is 9.84. The van der Waals surface area contributed by atoms with E-state index >= 15 is 0 Å². The van der Waals surface area contributed by atoms with Crippen LogP contribution in [0.4, 0.5) is 0 Å². The molecule has 0 spiro atoms. The van der Waals surface area contributed by atoms with Gasteiger partial charge in [-0.15, -0.1) is 0 Å². The van der Waals surface area contributed by atoms with Crippen molar-refractivity contribution < 1.29 is 15.0 Å². The molecule has 0 unspecified atom stereocenters. The molecule has 0 saturated heterocycles. The lowest BCUT2D eigenvalue weighted by Gasteiger charge is -2.27. The number of benzene rings is 1. The number of hydrogen-bond donors (Lipinski definition) is 2. The fraction of sp³-hybridized carbons (Fsp3) is 0.556. The molecule has 1 aromatic carbocycles. The normalized spacial score (nSPS) is 14.3. The summed E-state index contributed by atoms with van der Waals surface area (Å²) in [5.74, 6) is -0.819. The second-order valence-corrected chi connectivity index (χ2v) is 7.75. The molecule has 0 aliphatic heterocycles. The first kappa shape index (κ1) is 18.2. The fourth-order valence-electron chi connectivity index (χ4n) is 2.02. The SMILES string of the molecule is C[C@@H](N=Cc1cc(C(C)(C)C)cc(C(C)(C)C)c1O)C(=O)O. The van der Waals surface area contributed by atoms with Crippen molar-refractivity contribution in [3.63, 3.8) is 0 Å². The van der Waals surface area contributed by atoms with Crippen molar-refractivity contribution in [2.24, 2.45) is 4.99 Å². The standard InChI is InChI=1S/C18H27NO3/c1-11(16(21)22)19-10-12-8-13(17(2,3)4)9-14(15(12)20)18(5,6)7/h8-11,20H,1-7H3,(H,21,22)/t11-/m1/s1. The first-order valence-corrected chi connectivity index (χ1v) is 7.48. The molecule has 0 fully saturated rings. The minimum atomic E-state index is -0.987. The van der Waals surface area contributed by atoms with Gasteiger partial charge in [-0.2, -0.15) is 0 Å². The number of aliphatic carboxylic acids is 1. The Morgan fingerprint density at radius 2 is 1.68 bits per heavy atom. The molecule has 1 rings (SSSR count). The quantitative estimate of drug-likeness (QED) is 0.833. The predicted molar refractivity (Wildman–Crippen MR) is 90.2 cm³/mol. The molecule has 1 aromatic rings. The summed E-state index contributed by atoms with van der Waals surface area (Å²) in [4.78, 5) is 14.9. The number of aliphatic imine (C=N–C) groups is 1. The van der Waals surface area contributed by atoms with E-state index in [9.17, 15) is 9.90 Å². The van der Waals surface area contributed by atoms with Crippen LogP contribution in [-0.2, 0) is 15.6 Å². The van der Waals surface area contributed by atoms with Crippen LogP contribution in [0.5, 0.6) is 5.75 Å². The Morgan fingerprint density at radius 3 is 2.09 bits per heavy atom. The van der Waals surface area contributed by atoms with Gasteiger partial charge in [-0.3, -0.25) is 4.99 Å². The number of carboxylic acid groups (broad SMARTS) is 1. The van der Waals surface area contributed by atoms with Crippen LogP contribution in [0.2, 0.25) is 0 Å². The van der Waals surface area contributed by atoms with Gasteiger partial charge < -0.3 is 10.2 Å². The summed E-state index contributed by atoms with van der Waals surface area (Å²) < 4.78 is 0. The molecule has 22 heavy (non-hydrogen) atoms. The van der Waals surface area contributed by atoms with Gasteiger partial charge in [0.05, 0.1) is 0 Å². The molecular formula is C18H27NO3. The van der Waals surface area contributed by atoms with Crippen molar-refractivity contribution in [3.05, 3.63) is 28.8 Å². The Bertz CT molecular complexity index is 590. The van der Waals surface area contributed by atoms with Crippen LogP contribution in [0.1, 0.15) is 65.2 Å². The van der Waals surface area contributed by atoms with Crippen molar-refractivity contribution in [2.45, 2.75) is 65.3 Å². The summed E-state index contributed by atoms with van der Waals surface area (Å²) in [7, 11) is 0. The van der Waals surface area contributed by atoms with E-state index in [4.69, 9.17) is 5.11 Å². The molecule has 0 aliphatic rings. The zero-order valence-corrected chi connectivity index (χ0v) is 14.6. The van der Waals surface area contributed by atoms with Crippen LogP contribution in [0.15, 0.2) is 17.1 Å². The predicted octanol–water partition coefficient (Wildman–Crippen LogP) is 3.88. The van der Waals surface area contributed by atoms with Gasteiger partial charge in [0.1, 0.15) is 11.8 Å². The highest BCUT2D eigenvalue weighted by molar-refractivity contribution is 5.87. The van der Waals surface area contributed by atoms with Gasteiger partial charge in [-0.25, -0.2) is 4.79 Å². The maximum absolute atomic E-state index is 10.9. The molecule has 0 aromatic heterocycles. The van der Waals surface area contributed by atoms with E-state index in [1.807, 2.05) is 32.9 Å².